The Hall–Kier alpha value is -1.34. The molecule has 0 saturated carbocycles. The first kappa shape index (κ1) is 13.6. The lowest BCUT2D eigenvalue weighted by Gasteiger charge is -2.20. The molecular weight excluding hydrogens is 298 g/mol. The molecule has 3 rings (SSSR count). The van der Waals surface area contributed by atoms with E-state index in [0.717, 1.165) is 24.3 Å². The summed E-state index contributed by atoms with van der Waals surface area (Å²) in [5, 5.41) is 2.97. The van der Waals surface area contributed by atoms with Crippen LogP contribution in [0, 0.1) is 5.92 Å². The smallest absolute Gasteiger partial charge is 0.233 e. The van der Waals surface area contributed by atoms with E-state index < -0.39 is 0 Å². The van der Waals surface area contributed by atoms with E-state index >= 15 is 0 Å². The molecule has 1 saturated heterocycles. The molecule has 106 valence electrons. The van der Waals surface area contributed by atoms with E-state index in [-0.39, 0.29) is 17.0 Å². The fourth-order valence-corrected chi connectivity index (χ4v) is 3.67. The number of H-pyrrole nitrogens is 1. The minimum Gasteiger partial charge on any atom is -0.341 e. The standard InChI is InChI=1S/C12H14ClN5OS/c13-10-9-11(15-6-14-9)18-12(17-10)16-8(19)5-7-1-3-20-4-2-7/h6-7H,1-5H2,(H2,14,15,16,17,18,19). The van der Waals surface area contributed by atoms with Gasteiger partial charge in [0.15, 0.2) is 10.8 Å². The molecule has 0 aliphatic carbocycles. The van der Waals surface area contributed by atoms with Crippen molar-refractivity contribution >= 4 is 46.4 Å². The predicted octanol–water partition coefficient (Wildman–Crippen LogP) is 2.48. The Kier molecular flexibility index (Phi) is 4.07. The summed E-state index contributed by atoms with van der Waals surface area (Å²) in [6, 6.07) is 0. The molecule has 8 heteroatoms. The van der Waals surface area contributed by atoms with E-state index in [9.17, 15) is 4.79 Å². The van der Waals surface area contributed by atoms with Crippen LogP contribution < -0.4 is 5.32 Å². The molecule has 20 heavy (non-hydrogen) atoms. The molecule has 3 heterocycles. The summed E-state index contributed by atoms with van der Waals surface area (Å²) in [7, 11) is 0. The molecule has 0 bridgehead atoms. The predicted molar refractivity (Wildman–Crippen MR) is 80.0 cm³/mol. The average Bonchev–Trinajstić information content (AvgIpc) is 2.88. The van der Waals surface area contributed by atoms with Gasteiger partial charge in [0.05, 0.1) is 6.33 Å². The number of nitrogens with one attached hydrogen (secondary N) is 2. The minimum atomic E-state index is -0.0622. The lowest BCUT2D eigenvalue weighted by Crippen LogP contribution is -2.20. The van der Waals surface area contributed by atoms with Crippen molar-refractivity contribution in [2.24, 2.45) is 5.92 Å². The molecule has 6 nitrogen and oxygen atoms in total. The highest BCUT2D eigenvalue weighted by atomic mass is 35.5. The van der Waals surface area contributed by atoms with Crippen LogP contribution in [-0.4, -0.2) is 37.3 Å². The van der Waals surface area contributed by atoms with Crippen molar-refractivity contribution in [3.8, 4) is 0 Å². The highest BCUT2D eigenvalue weighted by Crippen LogP contribution is 2.25. The van der Waals surface area contributed by atoms with Gasteiger partial charge in [-0.15, -0.1) is 0 Å². The number of rotatable bonds is 3. The highest BCUT2D eigenvalue weighted by Gasteiger charge is 2.18. The maximum atomic E-state index is 12.0. The molecule has 0 radical (unpaired) electrons. The first-order chi connectivity index (χ1) is 9.72. The van der Waals surface area contributed by atoms with Crippen molar-refractivity contribution in [3.05, 3.63) is 11.5 Å². The van der Waals surface area contributed by atoms with Gasteiger partial charge in [-0.25, -0.2) is 4.98 Å². The van der Waals surface area contributed by atoms with Crippen LogP contribution in [0.2, 0.25) is 5.15 Å². The number of amides is 1. The van der Waals surface area contributed by atoms with Gasteiger partial charge in [-0.3, -0.25) is 10.1 Å². The molecule has 2 N–H and O–H groups in total. The second-order valence-electron chi connectivity index (χ2n) is 4.75. The maximum absolute atomic E-state index is 12.0. The van der Waals surface area contributed by atoms with Gasteiger partial charge in [-0.05, 0) is 30.3 Å². The number of aromatic nitrogens is 4. The van der Waals surface area contributed by atoms with Crippen LogP contribution in [-0.2, 0) is 4.79 Å². The number of aromatic amines is 1. The Bertz CT molecular complexity index is 625. The zero-order valence-corrected chi connectivity index (χ0v) is 12.3. The molecule has 0 aromatic carbocycles. The second kappa shape index (κ2) is 5.97. The third-order valence-corrected chi connectivity index (χ3v) is 4.63. The lowest BCUT2D eigenvalue weighted by atomic mass is 9.98. The van der Waals surface area contributed by atoms with Gasteiger partial charge in [-0.2, -0.15) is 21.7 Å². The first-order valence-corrected chi connectivity index (χ1v) is 8.00. The number of carbonyl (C=O) groups is 1. The van der Waals surface area contributed by atoms with E-state index in [1.807, 2.05) is 11.8 Å². The molecule has 0 unspecified atom stereocenters. The Morgan fingerprint density at radius 3 is 3.05 bits per heavy atom. The van der Waals surface area contributed by atoms with Crippen LogP contribution in [0.15, 0.2) is 6.33 Å². The third kappa shape index (κ3) is 3.04. The van der Waals surface area contributed by atoms with Gasteiger partial charge in [0.1, 0.15) is 5.52 Å². The summed E-state index contributed by atoms with van der Waals surface area (Å²) in [5.41, 5.74) is 1.03. The second-order valence-corrected chi connectivity index (χ2v) is 6.33. The SMILES string of the molecule is O=C(CC1CCSCC1)Nc1nc(Cl)c2[nH]cnc2n1. The number of anilines is 1. The zero-order valence-electron chi connectivity index (χ0n) is 10.7. The van der Waals surface area contributed by atoms with Crippen molar-refractivity contribution in [1.82, 2.24) is 19.9 Å². The van der Waals surface area contributed by atoms with Crippen LogP contribution in [0.25, 0.3) is 11.2 Å². The Balaban J connectivity index is 1.67. The fourth-order valence-electron chi connectivity index (χ4n) is 2.24. The third-order valence-electron chi connectivity index (χ3n) is 3.31. The van der Waals surface area contributed by atoms with Gasteiger partial charge in [0.25, 0.3) is 0 Å². The van der Waals surface area contributed by atoms with Gasteiger partial charge in [0, 0.05) is 6.42 Å². The van der Waals surface area contributed by atoms with Crippen LogP contribution >= 0.6 is 23.4 Å². The number of nitrogens with zero attached hydrogens (tertiary/aromatic N) is 3. The van der Waals surface area contributed by atoms with Gasteiger partial charge >= 0.3 is 0 Å². The molecule has 0 spiro atoms. The summed E-state index contributed by atoms with van der Waals surface area (Å²) >= 11 is 7.95. The van der Waals surface area contributed by atoms with Crippen molar-refractivity contribution in [1.29, 1.82) is 0 Å². The number of fused-ring (bicyclic) bond motifs is 1. The number of carbonyl (C=O) groups excluding carboxylic acids is 1. The van der Waals surface area contributed by atoms with Crippen LogP contribution in [0.5, 0.6) is 0 Å². The van der Waals surface area contributed by atoms with Crippen molar-refractivity contribution in [2.45, 2.75) is 19.3 Å². The van der Waals surface area contributed by atoms with Crippen molar-refractivity contribution in [3.63, 3.8) is 0 Å². The number of hydrogen-bond donors (Lipinski definition) is 2. The van der Waals surface area contributed by atoms with E-state index in [2.05, 4.69) is 25.3 Å². The number of hydrogen-bond acceptors (Lipinski definition) is 5. The Morgan fingerprint density at radius 1 is 1.45 bits per heavy atom. The van der Waals surface area contributed by atoms with Crippen molar-refractivity contribution < 1.29 is 4.79 Å². The Morgan fingerprint density at radius 2 is 2.25 bits per heavy atom. The molecular formula is C12H14ClN5OS. The number of halogens is 1. The molecule has 2 aromatic heterocycles. The summed E-state index contributed by atoms with van der Waals surface area (Å²) < 4.78 is 0. The summed E-state index contributed by atoms with van der Waals surface area (Å²) in [6.07, 6.45) is 4.20. The highest BCUT2D eigenvalue weighted by molar-refractivity contribution is 7.99. The van der Waals surface area contributed by atoms with Gasteiger partial charge in [0.2, 0.25) is 11.9 Å². The van der Waals surface area contributed by atoms with E-state index in [1.54, 1.807) is 0 Å². The van der Waals surface area contributed by atoms with E-state index in [1.165, 1.54) is 6.33 Å². The van der Waals surface area contributed by atoms with Crippen LogP contribution in [0.3, 0.4) is 0 Å². The normalized spacial score (nSPS) is 16.4. The minimum absolute atomic E-state index is 0.0622. The molecule has 1 fully saturated rings. The fraction of sp³-hybridized carbons (Fsp3) is 0.500. The molecule has 0 atom stereocenters. The molecule has 1 aliphatic rings. The van der Waals surface area contributed by atoms with Crippen LogP contribution in [0.1, 0.15) is 19.3 Å². The average molecular weight is 312 g/mol. The molecule has 1 aliphatic heterocycles. The quantitative estimate of drug-likeness (QED) is 0.851. The summed E-state index contributed by atoms with van der Waals surface area (Å²) in [6.45, 7) is 0. The van der Waals surface area contributed by atoms with Gasteiger partial charge < -0.3 is 4.98 Å². The number of thioether (sulfide) groups is 1. The van der Waals surface area contributed by atoms with Crippen molar-refractivity contribution in [2.75, 3.05) is 16.8 Å². The van der Waals surface area contributed by atoms with Crippen LogP contribution in [0.4, 0.5) is 5.95 Å². The summed E-state index contributed by atoms with van der Waals surface area (Å²) in [4.78, 5) is 27.1. The lowest BCUT2D eigenvalue weighted by molar-refractivity contribution is -0.117. The molecule has 2 aromatic rings. The largest absolute Gasteiger partial charge is 0.341 e. The number of imidazole rings is 1. The van der Waals surface area contributed by atoms with E-state index in [0.29, 0.717) is 23.5 Å². The van der Waals surface area contributed by atoms with E-state index in [4.69, 9.17) is 11.6 Å². The Labute approximate surface area is 125 Å². The topological polar surface area (TPSA) is 83.6 Å². The first-order valence-electron chi connectivity index (χ1n) is 6.46. The summed E-state index contributed by atoms with van der Waals surface area (Å²) in [5.74, 6) is 2.89. The maximum Gasteiger partial charge on any atom is 0.233 e. The monoisotopic (exact) mass is 311 g/mol. The molecule has 1 amide bonds. The van der Waals surface area contributed by atoms with Gasteiger partial charge in [-0.1, -0.05) is 11.6 Å². The zero-order chi connectivity index (χ0) is 13.9.